The molecule has 0 amide bonds. The zero-order chi connectivity index (χ0) is 43.3. The third-order valence-corrected chi connectivity index (χ3v) is 14.3. The fourth-order valence-corrected chi connectivity index (χ4v) is 11.4. The van der Waals surface area contributed by atoms with E-state index < -0.39 is 0 Å². The van der Waals surface area contributed by atoms with Crippen LogP contribution in [0.25, 0.3) is 141 Å². The molecule has 0 aliphatic heterocycles. The summed E-state index contributed by atoms with van der Waals surface area (Å²) in [5, 5.41) is 22.9. The largest absolute Gasteiger partial charge is 0.0616 e. The molecule has 0 N–H and O–H groups in total. The van der Waals surface area contributed by atoms with Crippen LogP contribution in [0.4, 0.5) is 0 Å². The van der Waals surface area contributed by atoms with Gasteiger partial charge in [0.05, 0.1) is 0 Å². The van der Waals surface area contributed by atoms with Crippen molar-refractivity contribution in [1.29, 1.82) is 0 Å². The molecule has 0 atom stereocenters. The fourth-order valence-electron chi connectivity index (χ4n) is 11.4. The molecule has 0 unspecified atom stereocenters. The molecule has 0 nitrogen and oxygen atoms in total. The molecule has 0 aliphatic carbocycles. The van der Waals surface area contributed by atoms with Crippen LogP contribution >= 0.6 is 0 Å². The Labute approximate surface area is 382 Å². The Hall–Kier alpha value is -8.58. The van der Waals surface area contributed by atoms with Crippen LogP contribution in [0.2, 0.25) is 0 Å². The maximum absolute atomic E-state index is 2.46. The first-order chi connectivity index (χ1) is 32.7. The average Bonchev–Trinajstić information content (AvgIpc) is 3.39. The van der Waals surface area contributed by atoms with Gasteiger partial charge in [-0.2, -0.15) is 0 Å². The van der Waals surface area contributed by atoms with Gasteiger partial charge in [-0.1, -0.05) is 206 Å². The van der Waals surface area contributed by atoms with E-state index in [0.717, 1.165) is 0 Å². The summed E-state index contributed by atoms with van der Waals surface area (Å²) >= 11 is 0. The van der Waals surface area contributed by atoms with Crippen LogP contribution in [0, 0.1) is 0 Å². The fraction of sp³-hybridized carbons (Fsp3) is 0. The second kappa shape index (κ2) is 14.5. The molecule has 0 heterocycles. The van der Waals surface area contributed by atoms with Gasteiger partial charge >= 0.3 is 0 Å². The van der Waals surface area contributed by atoms with Gasteiger partial charge in [-0.25, -0.2) is 0 Å². The highest BCUT2D eigenvalue weighted by Gasteiger charge is 2.18. The van der Waals surface area contributed by atoms with E-state index in [1.54, 1.807) is 0 Å². The maximum Gasteiger partial charge on any atom is -0.00206 e. The minimum atomic E-state index is 1.21. The van der Waals surface area contributed by atoms with Crippen molar-refractivity contribution in [2.45, 2.75) is 0 Å². The number of benzene rings is 14. The second-order valence-corrected chi connectivity index (χ2v) is 17.9. The van der Waals surface area contributed by atoms with E-state index in [1.165, 1.54) is 141 Å². The molecule has 0 aliphatic rings. The number of fused-ring (bicyclic) bond motifs is 15. The van der Waals surface area contributed by atoms with Crippen molar-refractivity contribution in [2.75, 3.05) is 0 Å². The monoisotopic (exact) mass is 832 g/mol. The summed E-state index contributed by atoms with van der Waals surface area (Å²) < 4.78 is 0. The second-order valence-electron chi connectivity index (χ2n) is 17.9. The summed E-state index contributed by atoms with van der Waals surface area (Å²) in [5.74, 6) is 0. The Kier molecular flexibility index (Phi) is 8.08. The summed E-state index contributed by atoms with van der Waals surface area (Å²) in [6, 6.07) is 90.6. The smallest absolute Gasteiger partial charge is 0.00206 e. The first-order valence-corrected chi connectivity index (χ1v) is 23.0. The summed E-state index contributed by atoms with van der Waals surface area (Å²) in [6.45, 7) is 0. The molecule has 0 aromatic heterocycles. The zero-order valence-corrected chi connectivity index (χ0v) is 36.1. The van der Waals surface area contributed by atoms with Crippen molar-refractivity contribution in [1.82, 2.24) is 0 Å². The Morgan fingerprint density at radius 3 is 0.848 bits per heavy atom. The van der Waals surface area contributed by atoms with E-state index in [9.17, 15) is 0 Å². The zero-order valence-electron chi connectivity index (χ0n) is 36.1. The van der Waals surface area contributed by atoms with Crippen LogP contribution in [-0.2, 0) is 0 Å². The van der Waals surface area contributed by atoms with Gasteiger partial charge in [0.15, 0.2) is 0 Å². The van der Waals surface area contributed by atoms with Crippen molar-refractivity contribution in [3.8, 4) is 44.5 Å². The van der Waals surface area contributed by atoms with Crippen LogP contribution in [0.15, 0.2) is 243 Å². The molecule has 0 saturated heterocycles. The van der Waals surface area contributed by atoms with E-state index in [4.69, 9.17) is 0 Å². The highest BCUT2D eigenvalue weighted by atomic mass is 14.2. The highest BCUT2D eigenvalue weighted by molar-refractivity contribution is 6.27. The summed E-state index contributed by atoms with van der Waals surface area (Å²) in [5.41, 5.74) is 9.85. The summed E-state index contributed by atoms with van der Waals surface area (Å²) in [4.78, 5) is 0. The molecule has 0 radical (unpaired) electrons. The van der Waals surface area contributed by atoms with Crippen LogP contribution in [-0.4, -0.2) is 0 Å². The SMILES string of the molecule is c1cc(-c2cc3c4ccccc4c(-c4cccc(-c5cc6ccccc6c6c5ccc5ccccc56)c4)cc3c3ccccc23)cc(-c2cc3ccccc3c3c2ccc2ccccc23)c1. The molecular formula is C66H40. The first-order valence-electron chi connectivity index (χ1n) is 23.0. The lowest BCUT2D eigenvalue weighted by molar-refractivity contribution is 1.64. The Morgan fingerprint density at radius 2 is 0.455 bits per heavy atom. The molecule has 14 rings (SSSR count). The number of hydrogen-bond donors (Lipinski definition) is 0. The Bertz CT molecular complexity index is 4030. The number of hydrogen-bond acceptors (Lipinski definition) is 0. The predicted molar refractivity (Wildman–Crippen MR) is 286 cm³/mol. The Morgan fingerprint density at radius 1 is 0.152 bits per heavy atom. The van der Waals surface area contributed by atoms with Gasteiger partial charge in [0.1, 0.15) is 0 Å². The maximum atomic E-state index is 2.46. The third kappa shape index (κ3) is 5.59. The van der Waals surface area contributed by atoms with Crippen molar-refractivity contribution in [2.24, 2.45) is 0 Å². The predicted octanol–water partition coefficient (Wildman–Crippen LogP) is 18.7. The highest BCUT2D eigenvalue weighted by Crippen LogP contribution is 2.46. The van der Waals surface area contributed by atoms with Crippen LogP contribution in [0.1, 0.15) is 0 Å². The first kappa shape index (κ1) is 36.9. The molecule has 0 saturated carbocycles. The van der Waals surface area contributed by atoms with Gasteiger partial charge in [0.25, 0.3) is 0 Å². The molecular weight excluding hydrogens is 793 g/mol. The Balaban J connectivity index is 0.962. The molecule has 304 valence electrons. The van der Waals surface area contributed by atoms with Gasteiger partial charge in [-0.05, 0) is 178 Å². The quantitative estimate of drug-likeness (QED) is 0.155. The van der Waals surface area contributed by atoms with Crippen LogP contribution in [0.5, 0.6) is 0 Å². The van der Waals surface area contributed by atoms with E-state index in [2.05, 4.69) is 243 Å². The topological polar surface area (TPSA) is 0 Å². The lowest BCUT2D eigenvalue weighted by Gasteiger charge is -2.18. The van der Waals surface area contributed by atoms with Crippen molar-refractivity contribution in [3.05, 3.63) is 243 Å². The minimum Gasteiger partial charge on any atom is -0.0616 e. The minimum absolute atomic E-state index is 1.21. The van der Waals surface area contributed by atoms with Crippen molar-refractivity contribution < 1.29 is 0 Å². The number of rotatable bonds is 4. The molecule has 14 aromatic rings. The van der Waals surface area contributed by atoms with E-state index in [0.29, 0.717) is 0 Å². The van der Waals surface area contributed by atoms with Crippen LogP contribution < -0.4 is 0 Å². The summed E-state index contributed by atoms with van der Waals surface area (Å²) in [7, 11) is 0. The van der Waals surface area contributed by atoms with E-state index in [-0.39, 0.29) is 0 Å². The van der Waals surface area contributed by atoms with E-state index in [1.807, 2.05) is 0 Å². The van der Waals surface area contributed by atoms with Gasteiger partial charge in [-0.3, -0.25) is 0 Å². The van der Waals surface area contributed by atoms with Crippen molar-refractivity contribution in [3.63, 3.8) is 0 Å². The molecule has 0 heteroatoms. The van der Waals surface area contributed by atoms with Gasteiger partial charge < -0.3 is 0 Å². The lowest BCUT2D eigenvalue weighted by Crippen LogP contribution is -1.91. The normalized spacial score (nSPS) is 11.9. The van der Waals surface area contributed by atoms with Crippen LogP contribution in [0.3, 0.4) is 0 Å². The van der Waals surface area contributed by atoms with Gasteiger partial charge in [0.2, 0.25) is 0 Å². The van der Waals surface area contributed by atoms with E-state index >= 15 is 0 Å². The third-order valence-electron chi connectivity index (χ3n) is 14.3. The molecule has 14 aromatic carbocycles. The molecule has 0 fully saturated rings. The van der Waals surface area contributed by atoms with Gasteiger partial charge in [-0.15, -0.1) is 0 Å². The molecule has 0 spiro atoms. The standard InChI is InChI=1S/C66H40/c1-5-23-49-41(15-1)31-33-57-59(37-47-17-3-7-25-51(47)65(49)57)43-19-13-21-45(35-43)61-39-63-56-30-12-10-28-54(56)62(40-64(63)55-29-11-9-27-53(55)61)46-22-14-20-44(36-46)60-38-48-18-4-8-26-52(48)66-50-24-6-2-16-42(50)32-34-58(60)66/h1-40H. The average molecular weight is 833 g/mol. The summed E-state index contributed by atoms with van der Waals surface area (Å²) in [6.07, 6.45) is 0. The van der Waals surface area contributed by atoms with Crippen molar-refractivity contribution >= 4 is 97.0 Å². The molecule has 66 heavy (non-hydrogen) atoms. The molecule has 0 bridgehead atoms. The lowest BCUT2D eigenvalue weighted by atomic mass is 9.86. The van der Waals surface area contributed by atoms with Gasteiger partial charge in [0, 0.05) is 0 Å².